The van der Waals surface area contributed by atoms with E-state index in [0.29, 0.717) is 29.4 Å². The van der Waals surface area contributed by atoms with Crippen LogP contribution in [0.4, 0.5) is 5.69 Å². The molecule has 0 aromatic heterocycles. The Morgan fingerprint density at radius 2 is 1.57 bits per heavy atom. The number of benzene rings is 3. The van der Waals surface area contributed by atoms with Gasteiger partial charge in [0, 0.05) is 22.9 Å². The smallest absolute Gasteiger partial charge is 0.300 e. The van der Waals surface area contributed by atoms with Crippen LogP contribution in [-0.4, -0.2) is 30.5 Å². The lowest BCUT2D eigenvalue weighted by atomic mass is 9.84. The second-order valence-electron chi connectivity index (χ2n) is 12.1. The van der Waals surface area contributed by atoms with Gasteiger partial charge in [-0.15, -0.1) is 0 Å². The third-order valence-electron chi connectivity index (χ3n) is 7.22. The van der Waals surface area contributed by atoms with E-state index in [9.17, 15) is 14.7 Å². The van der Waals surface area contributed by atoms with Crippen molar-refractivity contribution in [2.24, 2.45) is 0 Å². The molecule has 1 atom stereocenters. The summed E-state index contributed by atoms with van der Waals surface area (Å²) in [6.45, 7) is 14.9. The van der Waals surface area contributed by atoms with Crippen LogP contribution in [-0.2, 0) is 20.4 Å². The molecular formula is C34H39NO5. The summed E-state index contributed by atoms with van der Waals surface area (Å²) in [6.07, 6.45) is 0. The minimum Gasteiger partial charge on any atom is -0.507 e. The van der Waals surface area contributed by atoms with Gasteiger partial charge in [-0.05, 0) is 59.2 Å². The van der Waals surface area contributed by atoms with E-state index < -0.39 is 17.7 Å². The number of hydrogen-bond donors (Lipinski definition) is 1. The number of amides is 1. The Hall–Kier alpha value is -4.06. The van der Waals surface area contributed by atoms with Crippen molar-refractivity contribution < 1.29 is 24.2 Å². The Labute approximate surface area is 237 Å². The molecule has 3 aromatic rings. The second kappa shape index (κ2) is 10.8. The summed E-state index contributed by atoms with van der Waals surface area (Å²) in [4.78, 5) is 28.7. The number of ketones is 1. The summed E-state index contributed by atoms with van der Waals surface area (Å²) in [6, 6.07) is 19.5. The predicted molar refractivity (Wildman–Crippen MR) is 159 cm³/mol. The van der Waals surface area contributed by atoms with E-state index in [1.54, 1.807) is 37.4 Å². The molecule has 0 radical (unpaired) electrons. The molecule has 1 amide bonds. The Balaban J connectivity index is 1.95. The van der Waals surface area contributed by atoms with E-state index in [1.165, 1.54) is 4.90 Å². The van der Waals surface area contributed by atoms with Crippen molar-refractivity contribution in [1.29, 1.82) is 0 Å². The van der Waals surface area contributed by atoms with E-state index in [-0.39, 0.29) is 22.2 Å². The molecule has 0 saturated carbocycles. The highest BCUT2D eigenvalue weighted by Crippen LogP contribution is 2.44. The van der Waals surface area contributed by atoms with Crippen LogP contribution < -0.4 is 14.4 Å². The van der Waals surface area contributed by atoms with Crippen LogP contribution >= 0.6 is 0 Å². The number of nitrogens with zero attached hydrogens (tertiary/aromatic N) is 1. The van der Waals surface area contributed by atoms with E-state index in [2.05, 4.69) is 41.5 Å². The van der Waals surface area contributed by atoms with Crippen molar-refractivity contribution in [1.82, 2.24) is 0 Å². The SMILES string of the molecule is CCOc1cccc(N2C(=O)C(=O)/C(=C(\O)c3ccc(OC)c(C(C)(C)C)c3)C2c2ccc(C(C)(C)C)cc2)c1. The van der Waals surface area contributed by atoms with Gasteiger partial charge in [0.25, 0.3) is 11.7 Å². The molecule has 0 bridgehead atoms. The molecule has 1 fully saturated rings. The molecule has 1 N–H and O–H groups in total. The Morgan fingerprint density at radius 3 is 2.15 bits per heavy atom. The van der Waals surface area contributed by atoms with Gasteiger partial charge in [0.05, 0.1) is 25.3 Å². The van der Waals surface area contributed by atoms with Crippen LogP contribution in [0.25, 0.3) is 5.76 Å². The maximum absolute atomic E-state index is 13.7. The number of anilines is 1. The van der Waals surface area contributed by atoms with E-state index in [0.717, 1.165) is 16.7 Å². The number of ether oxygens (including phenoxy) is 2. The highest BCUT2D eigenvalue weighted by molar-refractivity contribution is 6.51. The fourth-order valence-corrected chi connectivity index (χ4v) is 5.07. The molecule has 210 valence electrons. The first kappa shape index (κ1) is 28.9. The number of hydrogen-bond acceptors (Lipinski definition) is 5. The third kappa shape index (κ3) is 5.48. The van der Waals surface area contributed by atoms with Gasteiger partial charge in [-0.1, -0.05) is 71.9 Å². The minimum absolute atomic E-state index is 0.0420. The molecule has 3 aromatic carbocycles. The van der Waals surface area contributed by atoms with Gasteiger partial charge in [-0.25, -0.2) is 0 Å². The largest absolute Gasteiger partial charge is 0.507 e. The van der Waals surface area contributed by atoms with Gasteiger partial charge < -0.3 is 14.6 Å². The second-order valence-corrected chi connectivity index (χ2v) is 12.1. The molecule has 1 unspecified atom stereocenters. The van der Waals surface area contributed by atoms with Gasteiger partial charge in [-0.3, -0.25) is 14.5 Å². The van der Waals surface area contributed by atoms with Gasteiger partial charge in [0.15, 0.2) is 0 Å². The highest BCUT2D eigenvalue weighted by atomic mass is 16.5. The van der Waals surface area contributed by atoms with Crippen LogP contribution in [0, 0.1) is 0 Å². The van der Waals surface area contributed by atoms with Gasteiger partial charge in [0.1, 0.15) is 17.3 Å². The molecular weight excluding hydrogens is 502 g/mol. The van der Waals surface area contributed by atoms with E-state index in [4.69, 9.17) is 9.47 Å². The quantitative estimate of drug-likeness (QED) is 0.201. The molecule has 4 rings (SSSR count). The standard InChI is InChI=1S/C34H39NO5/c1-9-40-25-12-10-11-24(20-25)35-29(21-13-16-23(17-14-21)33(2,3)4)28(31(37)32(35)38)30(36)22-15-18-27(39-8)26(19-22)34(5,6)7/h10-20,29,36H,9H2,1-8H3/b30-28-. The number of rotatable bonds is 6. The number of methoxy groups -OCH3 is 1. The summed E-state index contributed by atoms with van der Waals surface area (Å²) >= 11 is 0. The fourth-order valence-electron chi connectivity index (χ4n) is 5.07. The summed E-state index contributed by atoms with van der Waals surface area (Å²) < 4.78 is 11.2. The van der Waals surface area contributed by atoms with Crippen LogP contribution in [0.1, 0.15) is 76.8 Å². The summed E-state index contributed by atoms with van der Waals surface area (Å²) in [7, 11) is 1.60. The number of carbonyl (C=O) groups is 2. The Kier molecular flexibility index (Phi) is 7.84. The van der Waals surface area contributed by atoms with Crippen molar-refractivity contribution >= 4 is 23.1 Å². The first-order valence-electron chi connectivity index (χ1n) is 13.6. The zero-order valence-electron chi connectivity index (χ0n) is 24.7. The normalized spacial score (nSPS) is 17.3. The highest BCUT2D eigenvalue weighted by Gasteiger charge is 2.47. The van der Waals surface area contributed by atoms with Gasteiger partial charge >= 0.3 is 0 Å². The average Bonchev–Trinajstić information content (AvgIpc) is 3.17. The number of aliphatic hydroxyl groups excluding tert-OH is 1. The van der Waals surface area contributed by atoms with Crippen LogP contribution in [0.15, 0.2) is 72.3 Å². The third-order valence-corrected chi connectivity index (χ3v) is 7.22. The monoisotopic (exact) mass is 541 g/mol. The number of carbonyl (C=O) groups excluding carboxylic acids is 2. The maximum atomic E-state index is 13.7. The molecule has 1 aliphatic heterocycles. The van der Waals surface area contributed by atoms with E-state index >= 15 is 0 Å². The average molecular weight is 542 g/mol. The van der Waals surface area contributed by atoms with Gasteiger partial charge in [0.2, 0.25) is 0 Å². The molecule has 40 heavy (non-hydrogen) atoms. The molecule has 6 heteroatoms. The zero-order chi connectivity index (χ0) is 29.4. The Bertz CT molecular complexity index is 1450. The summed E-state index contributed by atoms with van der Waals surface area (Å²) in [5.41, 5.74) is 3.37. The molecule has 1 heterocycles. The van der Waals surface area contributed by atoms with Crippen molar-refractivity contribution in [3.63, 3.8) is 0 Å². The zero-order valence-corrected chi connectivity index (χ0v) is 24.7. The first-order chi connectivity index (χ1) is 18.8. The maximum Gasteiger partial charge on any atom is 0.300 e. The van der Waals surface area contributed by atoms with Crippen LogP contribution in [0.3, 0.4) is 0 Å². The van der Waals surface area contributed by atoms with E-state index in [1.807, 2.05) is 43.3 Å². The van der Waals surface area contributed by atoms with Crippen molar-refractivity contribution in [2.75, 3.05) is 18.6 Å². The molecule has 0 spiro atoms. The predicted octanol–water partition coefficient (Wildman–Crippen LogP) is 7.32. The summed E-state index contributed by atoms with van der Waals surface area (Å²) in [5, 5.41) is 11.7. The van der Waals surface area contributed by atoms with Crippen LogP contribution in [0.5, 0.6) is 11.5 Å². The van der Waals surface area contributed by atoms with Crippen molar-refractivity contribution in [3.8, 4) is 11.5 Å². The van der Waals surface area contributed by atoms with Crippen molar-refractivity contribution in [2.45, 2.75) is 65.3 Å². The topological polar surface area (TPSA) is 76.1 Å². The summed E-state index contributed by atoms with van der Waals surface area (Å²) in [5.74, 6) is -0.387. The lowest BCUT2D eigenvalue weighted by molar-refractivity contribution is -0.132. The minimum atomic E-state index is -0.828. The number of Topliss-reactive ketones (excluding diaryl/α,β-unsaturated/α-hetero) is 1. The molecule has 0 aliphatic carbocycles. The fraction of sp³-hybridized carbons (Fsp3) is 0.353. The van der Waals surface area contributed by atoms with Crippen molar-refractivity contribution in [3.05, 3.63) is 94.6 Å². The van der Waals surface area contributed by atoms with Gasteiger partial charge in [-0.2, -0.15) is 0 Å². The molecule has 6 nitrogen and oxygen atoms in total. The lowest BCUT2D eigenvalue weighted by Crippen LogP contribution is -2.29. The molecule has 1 aliphatic rings. The number of aliphatic hydroxyl groups is 1. The Morgan fingerprint density at radius 1 is 0.900 bits per heavy atom. The van der Waals surface area contributed by atoms with Crippen LogP contribution in [0.2, 0.25) is 0 Å². The first-order valence-corrected chi connectivity index (χ1v) is 13.6. The lowest BCUT2D eigenvalue weighted by Gasteiger charge is -2.27. The molecule has 1 saturated heterocycles.